The molecule has 0 unspecified atom stereocenters. The summed E-state index contributed by atoms with van der Waals surface area (Å²) in [5, 5.41) is 0. The van der Waals surface area contributed by atoms with Crippen molar-refractivity contribution in [3.8, 4) is 0 Å². The number of aryl methyl sites for hydroxylation is 1. The number of nitrogens with zero attached hydrogens (tertiary/aromatic N) is 2. The Morgan fingerprint density at radius 3 is 2.46 bits per heavy atom. The van der Waals surface area contributed by atoms with E-state index in [1.54, 1.807) is 12.1 Å². The van der Waals surface area contributed by atoms with Crippen molar-refractivity contribution in [2.24, 2.45) is 0 Å². The Morgan fingerprint density at radius 2 is 1.79 bits per heavy atom. The van der Waals surface area contributed by atoms with E-state index >= 15 is 0 Å². The highest BCUT2D eigenvalue weighted by atomic mass is 16.5. The van der Waals surface area contributed by atoms with Gasteiger partial charge in [0.2, 0.25) is 5.78 Å². The highest BCUT2D eigenvalue weighted by Crippen LogP contribution is 2.23. The maximum absolute atomic E-state index is 12.5. The molecule has 0 spiro atoms. The number of hydrogen-bond acceptors (Lipinski definition) is 5. The monoisotopic (exact) mass is 380 g/mol. The second-order valence-electron chi connectivity index (χ2n) is 6.61. The molecule has 0 saturated carbocycles. The van der Waals surface area contributed by atoms with Crippen molar-refractivity contribution in [1.29, 1.82) is 0 Å². The zero-order valence-electron chi connectivity index (χ0n) is 15.9. The van der Waals surface area contributed by atoms with E-state index in [0.29, 0.717) is 12.1 Å². The van der Waals surface area contributed by atoms with E-state index in [4.69, 9.17) is 4.74 Å². The van der Waals surface area contributed by atoms with Crippen molar-refractivity contribution in [1.82, 2.24) is 9.47 Å². The first-order valence-corrected chi connectivity index (χ1v) is 8.70. The summed E-state index contributed by atoms with van der Waals surface area (Å²) in [5.41, 5.74) is 2.70. The van der Waals surface area contributed by atoms with Gasteiger partial charge in [-0.1, -0.05) is 6.08 Å². The van der Waals surface area contributed by atoms with Crippen LogP contribution >= 0.6 is 0 Å². The molecule has 0 bridgehead atoms. The minimum absolute atomic E-state index is 0.111. The third kappa shape index (κ3) is 3.15. The molecule has 144 valence electrons. The number of aromatic nitrogens is 1. The molecule has 28 heavy (non-hydrogen) atoms. The number of esters is 1. The van der Waals surface area contributed by atoms with E-state index in [1.807, 2.05) is 18.4 Å². The van der Waals surface area contributed by atoms with Crippen molar-refractivity contribution in [2.45, 2.75) is 20.4 Å². The summed E-state index contributed by atoms with van der Waals surface area (Å²) in [6, 6.07) is 5.90. The van der Waals surface area contributed by atoms with Crippen molar-refractivity contribution >= 4 is 23.6 Å². The predicted octanol–water partition coefficient (Wildman–Crippen LogP) is 2.56. The smallest absolute Gasteiger partial charge is 0.338 e. The number of imide groups is 1. The van der Waals surface area contributed by atoms with Gasteiger partial charge in [0.25, 0.3) is 11.8 Å². The fourth-order valence-electron chi connectivity index (χ4n) is 3.27. The van der Waals surface area contributed by atoms with Crippen LogP contribution in [0.3, 0.4) is 0 Å². The highest BCUT2D eigenvalue weighted by Gasteiger charge is 2.33. The first kappa shape index (κ1) is 19.3. The van der Waals surface area contributed by atoms with Gasteiger partial charge in [-0.2, -0.15) is 0 Å². The quantitative estimate of drug-likeness (QED) is 0.333. The molecule has 0 saturated heterocycles. The lowest BCUT2D eigenvalue weighted by Gasteiger charge is -2.07. The molecule has 0 fully saturated rings. The normalized spacial score (nSPS) is 12.9. The van der Waals surface area contributed by atoms with E-state index in [-0.39, 0.29) is 22.5 Å². The molecule has 2 aromatic rings. The molecule has 1 aliphatic rings. The lowest BCUT2D eigenvalue weighted by atomic mass is 10.1. The molecule has 0 radical (unpaired) electrons. The standard InChI is InChI=1S/C21H20N2O5/c1-5-8-23-12(2)9-16(13(23)3)18(24)11-28-21(27)14-6-7-15-17(10-14)20(26)22(4)19(15)25/h5-7,9-10H,1,8,11H2,2-4H3. The van der Waals surface area contributed by atoms with E-state index < -0.39 is 24.4 Å². The number of Topliss-reactive ketones (excluding diaryl/α,β-unsaturated/α-hetero) is 1. The number of hydrogen-bond donors (Lipinski definition) is 0. The molecule has 2 amide bonds. The lowest BCUT2D eigenvalue weighted by molar-refractivity contribution is 0.0474. The average Bonchev–Trinajstić information content (AvgIpc) is 3.09. The van der Waals surface area contributed by atoms with E-state index in [0.717, 1.165) is 16.3 Å². The van der Waals surface area contributed by atoms with Crippen LogP contribution in [0.4, 0.5) is 0 Å². The Hall–Kier alpha value is -3.48. The molecule has 1 aromatic carbocycles. The van der Waals surface area contributed by atoms with Gasteiger partial charge < -0.3 is 9.30 Å². The van der Waals surface area contributed by atoms with Crippen LogP contribution in [-0.4, -0.2) is 46.7 Å². The van der Waals surface area contributed by atoms with Crippen LogP contribution in [0, 0.1) is 13.8 Å². The van der Waals surface area contributed by atoms with Crippen LogP contribution < -0.4 is 0 Å². The molecule has 1 aromatic heterocycles. The van der Waals surface area contributed by atoms with E-state index in [9.17, 15) is 19.2 Å². The second-order valence-corrected chi connectivity index (χ2v) is 6.61. The van der Waals surface area contributed by atoms with Gasteiger partial charge in [0.15, 0.2) is 6.61 Å². The Bertz CT molecular complexity index is 1030. The van der Waals surface area contributed by atoms with Gasteiger partial charge >= 0.3 is 5.97 Å². The fourth-order valence-corrected chi connectivity index (χ4v) is 3.27. The molecule has 0 aliphatic carbocycles. The number of carbonyl (C=O) groups excluding carboxylic acids is 4. The van der Waals surface area contributed by atoms with Crippen LogP contribution in [0.15, 0.2) is 36.9 Å². The summed E-state index contributed by atoms with van der Waals surface area (Å²) in [6.45, 7) is 7.58. The minimum Gasteiger partial charge on any atom is -0.454 e. The van der Waals surface area contributed by atoms with Crippen LogP contribution in [0.5, 0.6) is 0 Å². The number of allylic oxidation sites excluding steroid dienone is 1. The Kier molecular flexibility index (Phi) is 5.00. The zero-order chi connectivity index (χ0) is 20.6. The van der Waals surface area contributed by atoms with Gasteiger partial charge in [0, 0.05) is 30.5 Å². The van der Waals surface area contributed by atoms with Crippen LogP contribution in [0.25, 0.3) is 0 Å². The maximum Gasteiger partial charge on any atom is 0.338 e. The third-order valence-corrected chi connectivity index (χ3v) is 4.85. The van der Waals surface area contributed by atoms with Gasteiger partial charge in [-0.3, -0.25) is 19.3 Å². The third-order valence-electron chi connectivity index (χ3n) is 4.85. The first-order chi connectivity index (χ1) is 13.3. The molecule has 2 heterocycles. The van der Waals surface area contributed by atoms with Crippen molar-refractivity contribution in [3.63, 3.8) is 0 Å². The molecule has 1 aliphatic heterocycles. The Labute approximate surface area is 162 Å². The van der Waals surface area contributed by atoms with Gasteiger partial charge in [0.05, 0.1) is 16.7 Å². The number of amides is 2. The number of ether oxygens (including phenoxy) is 1. The Morgan fingerprint density at radius 1 is 1.11 bits per heavy atom. The number of fused-ring (bicyclic) bond motifs is 1. The predicted molar refractivity (Wildman–Crippen MR) is 102 cm³/mol. The largest absolute Gasteiger partial charge is 0.454 e. The van der Waals surface area contributed by atoms with Crippen LogP contribution in [0.1, 0.15) is 52.8 Å². The van der Waals surface area contributed by atoms with Gasteiger partial charge in [-0.25, -0.2) is 4.79 Å². The topological polar surface area (TPSA) is 85.7 Å². The van der Waals surface area contributed by atoms with E-state index in [1.165, 1.54) is 25.2 Å². The minimum atomic E-state index is -0.731. The summed E-state index contributed by atoms with van der Waals surface area (Å²) >= 11 is 0. The molecule has 0 atom stereocenters. The summed E-state index contributed by atoms with van der Waals surface area (Å²) in [7, 11) is 1.38. The molecular weight excluding hydrogens is 360 g/mol. The molecule has 0 N–H and O–H groups in total. The second kappa shape index (κ2) is 7.26. The number of carbonyl (C=O) groups is 4. The van der Waals surface area contributed by atoms with Crippen LogP contribution in [-0.2, 0) is 11.3 Å². The first-order valence-electron chi connectivity index (χ1n) is 8.70. The SMILES string of the molecule is C=CCn1c(C)cc(C(=O)COC(=O)c2ccc3c(c2)C(=O)N(C)C3=O)c1C. The summed E-state index contributed by atoms with van der Waals surface area (Å²) in [6.07, 6.45) is 1.74. The van der Waals surface area contributed by atoms with Crippen molar-refractivity contribution < 1.29 is 23.9 Å². The van der Waals surface area contributed by atoms with Gasteiger partial charge in [0.1, 0.15) is 0 Å². The summed E-state index contributed by atoms with van der Waals surface area (Å²) in [5.74, 6) is -1.93. The Balaban J connectivity index is 1.73. The van der Waals surface area contributed by atoms with Crippen molar-refractivity contribution in [3.05, 3.63) is 70.6 Å². The van der Waals surface area contributed by atoms with Crippen molar-refractivity contribution in [2.75, 3.05) is 13.7 Å². The van der Waals surface area contributed by atoms with Crippen LogP contribution in [0.2, 0.25) is 0 Å². The lowest BCUT2D eigenvalue weighted by Crippen LogP contribution is -2.24. The number of ketones is 1. The fraction of sp³-hybridized carbons (Fsp3) is 0.238. The maximum atomic E-state index is 12.5. The van der Waals surface area contributed by atoms with Gasteiger partial charge in [-0.05, 0) is 38.1 Å². The zero-order valence-corrected chi connectivity index (χ0v) is 15.9. The summed E-state index contributed by atoms with van der Waals surface area (Å²) in [4.78, 5) is 49.7. The average molecular weight is 380 g/mol. The van der Waals surface area contributed by atoms with Gasteiger partial charge in [-0.15, -0.1) is 6.58 Å². The van der Waals surface area contributed by atoms with E-state index in [2.05, 4.69) is 6.58 Å². The molecular formula is C21H20N2O5. The number of benzene rings is 1. The molecule has 7 nitrogen and oxygen atoms in total. The molecule has 3 rings (SSSR count). The summed E-state index contributed by atoms with van der Waals surface area (Å²) < 4.78 is 7.08. The highest BCUT2D eigenvalue weighted by molar-refractivity contribution is 6.21. The molecule has 7 heteroatoms. The number of rotatable bonds is 6.